The first-order chi connectivity index (χ1) is 9.79. The Morgan fingerprint density at radius 2 is 1.90 bits per heavy atom. The molecule has 0 aliphatic carbocycles. The minimum Gasteiger partial charge on any atom is -1.00 e. The monoisotopic (exact) mass is 310 g/mol. The summed E-state index contributed by atoms with van der Waals surface area (Å²) in [5.41, 5.74) is 1.60. The van der Waals surface area contributed by atoms with Crippen molar-refractivity contribution in [3.05, 3.63) is 65.5 Å². The SMILES string of the molecule is OCCNCc1cccc(OCc2ccccc2F)c1.[Cl-]. The normalized spacial score (nSPS) is 10.0. The fourth-order valence-corrected chi connectivity index (χ4v) is 1.83. The number of rotatable bonds is 7. The maximum absolute atomic E-state index is 13.5. The molecule has 0 saturated carbocycles. The van der Waals surface area contributed by atoms with Gasteiger partial charge in [-0.25, -0.2) is 4.39 Å². The van der Waals surface area contributed by atoms with Crippen molar-refractivity contribution in [1.29, 1.82) is 0 Å². The van der Waals surface area contributed by atoms with E-state index in [-0.39, 0.29) is 31.4 Å². The molecule has 0 heterocycles. The highest BCUT2D eigenvalue weighted by molar-refractivity contribution is 5.29. The molecule has 0 fully saturated rings. The Labute approximate surface area is 130 Å². The Balaban J connectivity index is 0.00000220. The van der Waals surface area contributed by atoms with Gasteiger partial charge in [-0.1, -0.05) is 30.3 Å². The van der Waals surface area contributed by atoms with E-state index in [0.717, 1.165) is 5.56 Å². The maximum Gasteiger partial charge on any atom is 0.129 e. The lowest BCUT2D eigenvalue weighted by atomic mass is 10.2. The molecular weight excluding hydrogens is 293 g/mol. The molecule has 0 atom stereocenters. The van der Waals surface area contributed by atoms with Gasteiger partial charge in [0, 0.05) is 18.7 Å². The Bertz CT molecular complexity index is 551. The van der Waals surface area contributed by atoms with Gasteiger partial charge in [0.2, 0.25) is 0 Å². The van der Waals surface area contributed by atoms with Crippen LogP contribution in [-0.4, -0.2) is 18.3 Å². The number of aliphatic hydroxyl groups excluding tert-OH is 1. The molecule has 2 rings (SSSR count). The molecule has 0 unspecified atom stereocenters. The Hall–Kier alpha value is -1.62. The molecule has 5 heteroatoms. The van der Waals surface area contributed by atoms with Crippen molar-refractivity contribution < 1.29 is 26.6 Å². The predicted octanol–water partition coefficient (Wildman–Crippen LogP) is -0.509. The van der Waals surface area contributed by atoms with Gasteiger partial charge < -0.3 is 27.6 Å². The smallest absolute Gasteiger partial charge is 0.129 e. The fraction of sp³-hybridized carbons (Fsp3) is 0.250. The predicted molar refractivity (Wildman–Crippen MR) is 76.0 cm³/mol. The summed E-state index contributed by atoms with van der Waals surface area (Å²) in [6.45, 7) is 1.54. The molecule has 21 heavy (non-hydrogen) atoms. The van der Waals surface area contributed by atoms with Crippen LogP contribution in [0.25, 0.3) is 0 Å². The van der Waals surface area contributed by atoms with Crippen molar-refractivity contribution in [2.45, 2.75) is 13.2 Å². The number of hydrogen-bond acceptors (Lipinski definition) is 3. The summed E-state index contributed by atoms with van der Waals surface area (Å²) < 4.78 is 19.1. The number of benzene rings is 2. The summed E-state index contributed by atoms with van der Waals surface area (Å²) in [5, 5.41) is 11.8. The van der Waals surface area contributed by atoms with E-state index < -0.39 is 0 Å². The fourth-order valence-electron chi connectivity index (χ4n) is 1.83. The number of nitrogens with one attached hydrogen (secondary N) is 1. The molecule has 0 radical (unpaired) electrons. The number of hydrogen-bond donors (Lipinski definition) is 2. The molecule has 0 spiro atoms. The van der Waals surface area contributed by atoms with Gasteiger partial charge in [-0.3, -0.25) is 0 Å². The Morgan fingerprint density at radius 1 is 1.10 bits per heavy atom. The van der Waals surface area contributed by atoms with Crippen LogP contribution in [0.2, 0.25) is 0 Å². The first kappa shape index (κ1) is 17.4. The molecule has 0 aliphatic rings. The van der Waals surface area contributed by atoms with Gasteiger partial charge in [0.05, 0.1) is 6.61 Å². The van der Waals surface area contributed by atoms with E-state index in [0.29, 0.717) is 24.4 Å². The first-order valence-corrected chi connectivity index (χ1v) is 6.56. The van der Waals surface area contributed by atoms with Crippen LogP contribution < -0.4 is 22.5 Å². The average molecular weight is 311 g/mol. The van der Waals surface area contributed by atoms with Crippen LogP contribution in [0.1, 0.15) is 11.1 Å². The number of aliphatic hydroxyl groups is 1. The quantitative estimate of drug-likeness (QED) is 0.677. The second kappa shape index (κ2) is 9.34. The minimum absolute atomic E-state index is 0. The summed E-state index contributed by atoms with van der Waals surface area (Å²) in [5.74, 6) is 0.449. The van der Waals surface area contributed by atoms with E-state index in [9.17, 15) is 4.39 Å². The minimum atomic E-state index is -0.256. The standard InChI is InChI=1S/C16H18FNO2.ClH/c17-16-7-2-1-5-14(16)12-20-15-6-3-4-13(10-15)11-18-8-9-19;/h1-7,10,18-19H,8-9,11-12H2;1H/p-1. The zero-order chi connectivity index (χ0) is 14.2. The largest absolute Gasteiger partial charge is 1.00 e. The van der Waals surface area contributed by atoms with Crippen molar-refractivity contribution >= 4 is 0 Å². The molecule has 2 aromatic carbocycles. The molecule has 0 bridgehead atoms. The number of halogens is 2. The summed E-state index contributed by atoms with van der Waals surface area (Å²) in [4.78, 5) is 0. The molecule has 0 aliphatic heterocycles. The highest BCUT2D eigenvalue weighted by atomic mass is 35.5. The van der Waals surface area contributed by atoms with E-state index in [1.165, 1.54) is 6.07 Å². The summed E-state index contributed by atoms with van der Waals surface area (Å²) in [7, 11) is 0. The number of ether oxygens (including phenoxy) is 1. The zero-order valence-electron chi connectivity index (χ0n) is 11.6. The summed E-state index contributed by atoms with van der Waals surface area (Å²) >= 11 is 0. The van der Waals surface area contributed by atoms with Gasteiger partial charge in [0.15, 0.2) is 0 Å². The molecule has 0 saturated heterocycles. The average Bonchev–Trinajstić information content (AvgIpc) is 2.47. The maximum atomic E-state index is 13.5. The highest BCUT2D eigenvalue weighted by Gasteiger charge is 2.02. The topological polar surface area (TPSA) is 41.5 Å². The highest BCUT2D eigenvalue weighted by Crippen LogP contribution is 2.16. The second-order valence-corrected chi connectivity index (χ2v) is 4.43. The molecule has 3 nitrogen and oxygen atoms in total. The molecule has 2 aromatic rings. The summed E-state index contributed by atoms with van der Waals surface area (Å²) in [6, 6.07) is 14.2. The van der Waals surface area contributed by atoms with Gasteiger partial charge in [-0.15, -0.1) is 0 Å². The van der Waals surface area contributed by atoms with E-state index >= 15 is 0 Å². The van der Waals surface area contributed by atoms with Gasteiger partial charge in [-0.2, -0.15) is 0 Å². The summed E-state index contributed by atoms with van der Waals surface area (Å²) in [6.07, 6.45) is 0. The molecule has 2 N–H and O–H groups in total. The van der Waals surface area contributed by atoms with Crippen molar-refractivity contribution in [2.24, 2.45) is 0 Å². The lowest BCUT2D eigenvalue weighted by Crippen LogP contribution is -3.00. The van der Waals surface area contributed by atoms with Crippen LogP contribution in [0.4, 0.5) is 4.39 Å². The van der Waals surface area contributed by atoms with Gasteiger partial charge in [0.1, 0.15) is 18.2 Å². The third kappa shape index (κ3) is 5.71. The van der Waals surface area contributed by atoms with Gasteiger partial charge in [-0.05, 0) is 23.8 Å². The van der Waals surface area contributed by atoms with E-state index in [2.05, 4.69) is 5.32 Å². The van der Waals surface area contributed by atoms with Crippen LogP contribution >= 0.6 is 0 Å². The van der Waals surface area contributed by atoms with Crippen LogP contribution in [0.5, 0.6) is 5.75 Å². The lowest BCUT2D eigenvalue weighted by molar-refractivity contribution is -0.00000618. The third-order valence-electron chi connectivity index (χ3n) is 2.87. The van der Waals surface area contributed by atoms with Crippen LogP contribution in [0, 0.1) is 5.82 Å². The van der Waals surface area contributed by atoms with Crippen LogP contribution in [0.3, 0.4) is 0 Å². The Kier molecular flexibility index (Phi) is 7.75. The second-order valence-electron chi connectivity index (χ2n) is 4.43. The van der Waals surface area contributed by atoms with Gasteiger partial charge >= 0.3 is 0 Å². The van der Waals surface area contributed by atoms with E-state index in [4.69, 9.17) is 9.84 Å². The molecule has 114 valence electrons. The van der Waals surface area contributed by atoms with Crippen molar-refractivity contribution in [3.63, 3.8) is 0 Å². The van der Waals surface area contributed by atoms with Crippen molar-refractivity contribution in [1.82, 2.24) is 5.32 Å². The Morgan fingerprint density at radius 3 is 2.67 bits per heavy atom. The van der Waals surface area contributed by atoms with E-state index in [1.54, 1.807) is 18.2 Å². The third-order valence-corrected chi connectivity index (χ3v) is 2.87. The molecule has 0 aromatic heterocycles. The van der Waals surface area contributed by atoms with Crippen LogP contribution in [0.15, 0.2) is 48.5 Å². The van der Waals surface area contributed by atoms with Crippen LogP contribution in [-0.2, 0) is 13.2 Å². The lowest BCUT2D eigenvalue weighted by Gasteiger charge is -2.09. The molecular formula is C16H18ClFNO2-. The van der Waals surface area contributed by atoms with Gasteiger partial charge in [0.25, 0.3) is 0 Å². The molecule has 0 amide bonds. The van der Waals surface area contributed by atoms with Crippen molar-refractivity contribution in [2.75, 3.05) is 13.2 Å². The van der Waals surface area contributed by atoms with Crippen molar-refractivity contribution in [3.8, 4) is 5.75 Å². The van der Waals surface area contributed by atoms with E-state index in [1.807, 2.05) is 24.3 Å². The zero-order valence-corrected chi connectivity index (χ0v) is 12.3. The first-order valence-electron chi connectivity index (χ1n) is 6.56.